The number of hydrogen-bond donors (Lipinski definition) is 1. The van der Waals surface area contributed by atoms with Gasteiger partial charge in [-0.2, -0.15) is 13.2 Å². The summed E-state index contributed by atoms with van der Waals surface area (Å²) in [5.41, 5.74) is 1.91. The van der Waals surface area contributed by atoms with Gasteiger partial charge in [0.25, 0.3) is 0 Å². The average molecular weight is 296 g/mol. The van der Waals surface area contributed by atoms with Crippen molar-refractivity contribution in [3.05, 3.63) is 42.1 Å². The molecule has 0 fully saturated rings. The quantitative estimate of drug-likeness (QED) is 0.841. The zero-order valence-electron chi connectivity index (χ0n) is 12.0. The molecule has 1 aromatic carbocycles. The highest BCUT2D eigenvalue weighted by molar-refractivity contribution is 5.79. The molecule has 1 N–H and O–H groups in total. The molecule has 5 heteroatoms. The molecule has 1 unspecified atom stereocenters. The largest absolute Gasteiger partial charge is 0.389 e. The molecule has 0 radical (unpaired) electrons. The number of alkyl halides is 3. The zero-order valence-corrected chi connectivity index (χ0v) is 12.0. The molecule has 2 aromatic rings. The molecule has 0 saturated carbocycles. The first-order valence-corrected chi connectivity index (χ1v) is 7.14. The Balaban J connectivity index is 2.11. The normalized spacial score (nSPS) is 13.5. The average Bonchev–Trinajstić information content (AvgIpc) is 2.44. The number of pyridine rings is 1. The fourth-order valence-electron chi connectivity index (χ4n) is 2.45. The molecule has 1 aromatic heterocycles. The van der Waals surface area contributed by atoms with Gasteiger partial charge in [0.05, 0.1) is 5.52 Å². The van der Waals surface area contributed by atoms with E-state index < -0.39 is 12.6 Å². The summed E-state index contributed by atoms with van der Waals surface area (Å²) in [6.07, 6.45) is -2.48. The first-order chi connectivity index (χ1) is 9.99. The van der Waals surface area contributed by atoms with E-state index in [0.29, 0.717) is 6.42 Å². The van der Waals surface area contributed by atoms with E-state index in [1.54, 1.807) is 6.20 Å². The molecule has 1 atom stereocenters. The summed E-state index contributed by atoms with van der Waals surface area (Å²) in [4.78, 5) is 4.25. The molecule has 21 heavy (non-hydrogen) atoms. The van der Waals surface area contributed by atoms with Gasteiger partial charge in [0.1, 0.15) is 0 Å². The van der Waals surface area contributed by atoms with Gasteiger partial charge in [-0.25, -0.2) is 0 Å². The molecular formula is C16H19F3N2. The smallest absolute Gasteiger partial charge is 0.310 e. The summed E-state index contributed by atoms with van der Waals surface area (Å²) in [5, 5.41) is 4.27. The lowest BCUT2D eigenvalue weighted by Gasteiger charge is -2.19. The van der Waals surface area contributed by atoms with Gasteiger partial charge >= 0.3 is 6.18 Å². The van der Waals surface area contributed by atoms with Gasteiger partial charge in [0, 0.05) is 24.0 Å². The predicted octanol–water partition coefficient (Wildman–Crippen LogP) is 4.62. The van der Waals surface area contributed by atoms with E-state index in [9.17, 15) is 13.2 Å². The number of rotatable bonds is 6. The fourth-order valence-corrected chi connectivity index (χ4v) is 2.45. The number of halogens is 3. The lowest BCUT2D eigenvalue weighted by Crippen LogP contribution is -2.21. The number of nitrogens with zero attached hydrogens (tertiary/aromatic N) is 1. The van der Waals surface area contributed by atoms with Crippen LogP contribution in [0.3, 0.4) is 0 Å². The van der Waals surface area contributed by atoms with Crippen molar-refractivity contribution >= 4 is 10.9 Å². The molecule has 2 rings (SSSR count). The van der Waals surface area contributed by atoms with Crippen LogP contribution in [0.4, 0.5) is 13.2 Å². The van der Waals surface area contributed by atoms with Crippen LogP contribution in [0.25, 0.3) is 10.9 Å². The minimum atomic E-state index is -4.08. The summed E-state index contributed by atoms with van der Waals surface area (Å²) in [6.45, 7) is 2.68. The van der Waals surface area contributed by atoms with Crippen LogP contribution in [0.5, 0.6) is 0 Å². The summed E-state index contributed by atoms with van der Waals surface area (Å²) in [6, 6.07) is 9.63. The van der Waals surface area contributed by atoms with Crippen LogP contribution in [0.2, 0.25) is 0 Å². The third-order valence-corrected chi connectivity index (χ3v) is 3.43. The molecule has 0 amide bonds. The summed E-state index contributed by atoms with van der Waals surface area (Å²) >= 11 is 0. The Bertz CT molecular complexity index is 581. The topological polar surface area (TPSA) is 24.9 Å². The molecule has 0 aliphatic carbocycles. The number of nitrogens with one attached hydrogen (secondary N) is 1. The lowest BCUT2D eigenvalue weighted by molar-refractivity contribution is -0.135. The van der Waals surface area contributed by atoms with Gasteiger partial charge in [0.2, 0.25) is 0 Å². The van der Waals surface area contributed by atoms with E-state index in [0.717, 1.165) is 23.0 Å². The zero-order chi connectivity index (χ0) is 15.3. The van der Waals surface area contributed by atoms with Gasteiger partial charge in [-0.15, -0.1) is 0 Å². The Morgan fingerprint density at radius 1 is 1.24 bits per heavy atom. The first-order valence-electron chi connectivity index (χ1n) is 7.14. The second kappa shape index (κ2) is 6.89. The Labute approximate surface area is 122 Å². The van der Waals surface area contributed by atoms with Gasteiger partial charge in [-0.05, 0) is 43.1 Å². The molecule has 1 heterocycles. The van der Waals surface area contributed by atoms with Crippen molar-refractivity contribution in [1.29, 1.82) is 0 Å². The number of hydrogen-bond acceptors (Lipinski definition) is 2. The number of fused-ring (bicyclic) bond motifs is 1. The van der Waals surface area contributed by atoms with Crippen LogP contribution >= 0.6 is 0 Å². The van der Waals surface area contributed by atoms with Gasteiger partial charge < -0.3 is 5.32 Å². The molecule has 0 bridgehead atoms. The molecule has 0 spiro atoms. The van der Waals surface area contributed by atoms with Crippen LogP contribution in [0, 0.1) is 0 Å². The SMILES string of the molecule is CCNC(CCCC(F)(F)F)c1ccc2ncccc2c1. The Morgan fingerprint density at radius 2 is 2.05 bits per heavy atom. The predicted molar refractivity (Wildman–Crippen MR) is 78.1 cm³/mol. The van der Waals surface area contributed by atoms with E-state index in [1.165, 1.54) is 0 Å². The van der Waals surface area contributed by atoms with Crippen LogP contribution in [-0.4, -0.2) is 17.7 Å². The molecule has 114 valence electrons. The minimum Gasteiger partial charge on any atom is -0.310 e. The first kappa shape index (κ1) is 15.8. The van der Waals surface area contributed by atoms with Crippen molar-refractivity contribution in [2.24, 2.45) is 0 Å². The van der Waals surface area contributed by atoms with Gasteiger partial charge in [-0.1, -0.05) is 19.1 Å². The van der Waals surface area contributed by atoms with E-state index in [2.05, 4.69) is 10.3 Å². The van der Waals surface area contributed by atoms with Crippen LogP contribution < -0.4 is 5.32 Å². The van der Waals surface area contributed by atoms with E-state index in [4.69, 9.17) is 0 Å². The molecule has 0 aliphatic rings. The maximum absolute atomic E-state index is 12.3. The minimum absolute atomic E-state index is 0.0537. The molecular weight excluding hydrogens is 277 g/mol. The monoisotopic (exact) mass is 296 g/mol. The second-order valence-corrected chi connectivity index (χ2v) is 5.07. The van der Waals surface area contributed by atoms with E-state index in [-0.39, 0.29) is 12.5 Å². The Kier molecular flexibility index (Phi) is 5.17. The van der Waals surface area contributed by atoms with Crippen molar-refractivity contribution in [2.45, 2.75) is 38.4 Å². The van der Waals surface area contributed by atoms with Crippen LogP contribution in [0.1, 0.15) is 37.8 Å². The van der Waals surface area contributed by atoms with Crippen molar-refractivity contribution in [3.8, 4) is 0 Å². The van der Waals surface area contributed by atoms with Crippen molar-refractivity contribution in [1.82, 2.24) is 10.3 Å². The van der Waals surface area contributed by atoms with Gasteiger partial charge in [-0.3, -0.25) is 4.98 Å². The van der Waals surface area contributed by atoms with Gasteiger partial charge in [0.15, 0.2) is 0 Å². The third kappa shape index (κ3) is 4.70. The Hall–Kier alpha value is -1.62. The van der Waals surface area contributed by atoms with E-state index >= 15 is 0 Å². The number of aromatic nitrogens is 1. The third-order valence-electron chi connectivity index (χ3n) is 3.43. The van der Waals surface area contributed by atoms with Crippen molar-refractivity contribution in [2.75, 3.05) is 6.54 Å². The van der Waals surface area contributed by atoms with Crippen LogP contribution in [-0.2, 0) is 0 Å². The maximum Gasteiger partial charge on any atom is 0.389 e. The highest BCUT2D eigenvalue weighted by Gasteiger charge is 2.26. The van der Waals surface area contributed by atoms with E-state index in [1.807, 2.05) is 37.3 Å². The van der Waals surface area contributed by atoms with Crippen LogP contribution in [0.15, 0.2) is 36.5 Å². The highest BCUT2D eigenvalue weighted by Crippen LogP contribution is 2.27. The van der Waals surface area contributed by atoms with Crippen molar-refractivity contribution in [3.63, 3.8) is 0 Å². The summed E-state index contributed by atoms with van der Waals surface area (Å²) in [5.74, 6) is 0. The molecule has 0 saturated heterocycles. The highest BCUT2D eigenvalue weighted by atomic mass is 19.4. The number of benzene rings is 1. The summed E-state index contributed by atoms with van der Waals surface area (Å²) < 4.78 is 36.8. The fraction of sp³-hybridized carbons (Fsp3) is 0.438. The molecule has 0 aliphatic heterocycles. The lowest BCUT2D eigenvalue weighted by atomic mass is 9.99. The maximum atomic E-state index is 12.3. The standard InChI is InChI=1S/C16H19F3N2/c1-2-20-14(6-3-9-16(17,18)19)13-7-8-15-12(11-13)5-4-10-21-15/h4-5,7-8,10-11,14,20H,2-3,6,9H2,1H3. The van der Waals surface area contributed by atoms with Crippen molar-refractivity contribution < 1.29 is 13.2 Å². The second-order valence-electron chi connectivity index (χ2n) is 5.07. The summed E-state index contributed by atoms with van der Waals surface area (Å²) in [7, 11) is 0. The molecule has 2 nitrogen and oxygen atoms in total. The Morgan fingerprint density at radius 3 is 2.76 bits per heavy atom.